The van der Waals surface area contributed by atoms with E-state index >= 15 is 0 Å². The molecule has 0 saturated heterocycles. The summed E-state index contributed by atoms with van der Waals surface area (Å²) in [6.07, 6.45) is 3.09. The van der Waals surface area contributed by atoms with E-state index in [1.165, 1.54) is 0 Å². The van der Waals surface area contributed by atoms with Crippen molar-refractivity contribution in [2.75, 3.05) is 0 Å². The number of nitro benzene ring substituents is 2. The molecule has 0 spiro atoms. The minimum Gasteiger partial charge on any atom is -0.342 e. The van der Waals surface area contributed by atoms with Gasteiger partial charge >= 0.3 is 0 Å². The van der Waals surface area contributed by atoms with Crippen molar-refractivity contribution in [3.63, 3.8) is 0 Å². The number of hydrogen-bond acceptors (Lipinski definition) is 6. The Kier molecular flexibility index (Phi) is 6.58. The first-order valence-corrected chi connectivity index (χ1v) is 10.0. The summed E-state index contributed by atoms with van der Waals surface area (Å²) in [6, 6.07) is 10.0. The van der Waals surface area contributed by atoms with Crippen molar-refractivity contribution in [2.24, 2.45) is 0 Å². The quantitative estimate of drug-likeness (QED) is 0.304. The van der Waals surface area contributed by atoms with Crippen molar-refractivity contribution in [3.8, 4) is 0 Å². The number of aromatic nitrogens is 2. The number of unbranched alkanes of at least 4 members (excludes halogenated alkanes) is 2. The largest absolute Gasteiger partial charge is 0.342 e. The van der Waals surface area contributed by atoms with Gasteiger partial charge in [0.2, 0.25) is 0 Å². The standard InChI is InChI=1S/C21H23N5O5/c1-3-4-7-10-24-19-9-6-5-8-18(19)23-20(24)14(2)22-21(27)15-11-16(25(28)29)13-17(12-15)26(30)31/h5-6,8-9,11-14H,3-4,7,10H2,1-2H3,(H,22,27). The summed E-state index contributed by atoms with van der Waals surface area (Å²) in [5.74, 6) is 0.0112. The molecule has 0 fully saturated rings. The van der Waals surface area contributed by atoms with E-state index in [2.05, 4.69) is 21.8 Å². The fourth-order valence-electron chi connectivity index (χ4n) is 3.46. The van der Waals surface area contributed by atoms with Crippen molar-refractivity contribution in [1.29, 1.82) is 0 Å². The molecular weight excluding hydrogens is 402 g/mol. The third-order valence-corrected chi connectivity index (χ3v) is 4.99. The van der Waals surface area contributed by atoms with Gasteiger partial charge in [-0.15, -0.1) is 0 Å². The lowest BCUT2D eigenvalue weighted by Crippen LogP contribution is -2.29. The second-order valence-corrected chi connectivity index (χ2v) is 7.26. The van der Waals surface area contributed by atoms with E-state index in [1.54, 1.807) is 6.92 Å². The lowest BCUT2D eigenvalue weighted by molar-refractivity contribution is -0.394. The predicted molar refractivity (Wildman–Crippen MR) is 115 cm³/mol. The van der Waals surface area contributed by atoms with Gasteiger partial charge in [-0.2, -0.15) is 0 Å². The van der Waals surface area contributed by atoms with E-state index in [0.717, 1.165) is 55.0 Å². The molecule has 0 radical (unpaired) electrons. The highest BCUT2D eigenvalue weighted by molar-refractivity contribution is 5.95. The summed E-state index contributed by atoms with van der Waals surface area (Å²) in [6.45, 7) is 4.63. The fourth-order valence-corrected chi connectivity index (χ4v) is 3.46. The monoisotopic (exact) mass is 425 g/mol. The molecule has 1 unspecified atom stereocenters. The predicted octanol–water partition coefficient (Wildman–Crippen LogP) is 4.53. The molecule has 0 saturated carbocycles. The molecule has 162 valence electrons. The van der Waals surface area contributed by atoms with Gasteiger partial charge in [-0.3, -0.25) is 25.0 Å². The molecule has 3 rings (SSSR count). The topological polar surface area (TPSA) is 133 Å². The summed E-state index contributed by atoms with van der Waals surface area (Å²) in [4.78, 5) is 38.1. The van der Waals surface area contributed by atoms with E-state index in [4.69, 9.17) is 0 Å². The number of nitrogens with one attached hydrogen (secondary N) is 1. The molecule has 1 N–H and O–H groups in total. The molecule has 10 heteroatoms. The molecule has 3 aromatic rings. The lowest BCUT2D eigenvalue weighted by Gasteiger charge is -2.16. The normalized spacial score (nSPS) is 11.9. The van der Waals surface area contributed by atoms with Crippen LogP contribution in [0, 0.1) is 20.2 Å². The van der Waals surface area contributed by atoms with Crippen LogP contribution in [0.15, 0.2) is 42.5 Å². The van der Waals surface area contributed by atoms with Crippen LogP contribution in [0.25, 0.3) is 11.0 Å². The number of benzene rings is 2. The highest BCUT2D eigenvalue weighted by Gasteiger charge is 2.23. The van der Waals surface area contributed by atoms with Gasteiger partial charge in [0.15, 0.2) is 0 Å². The second kappa shape index (κ2) is 9.33. The van der Waals surface area contributed by atoms with E-state index in [1.807, 2.05) is 24.3 Å². The van der Waals surface area contributed by atoms with Gasteiger partial charge in [0.25, 0.3) is 17.3 Å². The third-order valence-electron chi connectivity index (χ3n) is 4.99. The number of carbonyl (C=O) groups is 1. The number of nitrogens with zero attached hydrogens (tertiary/aromatic N) is 4. The lowest BCUT2D eigenvalue weighted by atomic mass is 10.1. The fraction of sp³-hybridized carbons (Fsp3) is 0.333. The zero-order chi connectivity index (χ0) is 22.5. The van der Waals surface area contributed by atoms with Gasteiger partial charge in [-0.25, -0.2) is 4.98 Å². The van der Waals surface area contributed by atoms with Crippen LogP contribution in [-0.4, -0.2) is 25.3 Å². The van der Waals surface area contributed by atoms with Crippen molar-refractivity contribution in [1.82, 2.24) is 14.9 Å². The molecule has 0 aliphatic carbocycles. The number of hydrogen-bond donors (Lipinski definition) is 1. The average Bonchev–Trinajstić information content (AvgIpc) is 3.12. The van der Waals surface area contributed by atoms with E-state index in [9.17, 15) is 25.0 Å². The molecule has 2 aromatic carbocycles. The van der Waals surface area contributed by atoms with Crippen molar-refractivity contribution in [3.05, 3.63) is 74.1 Å². The number of non-ortho nitro benzene ring substituents is 2. The van der Waals surface area contributed by atoms with Crippen LogP contribution < -0.4 is 5.32 Å². The van der Waals surface area contributed by atoms with Gasteiger partial charge in [0.1, 0.15) is 5.82 Å². The molecule has 0 aliphatic heterocycles. The second-order valence-electron chi connectivity index (χ2n) is 7.26. The Bertz CT molecular complexity index is 1110. The van der Waals surface area contributed by atoms with Crippen molar-refractivity contribution < 1.29 is 14.6 Å². The molecule has 31 heavy (non-hydrogen) atoms. The van der Waals surface area contributed by atoms with Crippen LogP contribution in [0.3, 0.4) is 0 Å². The maximum Gasteiger partial charge on any atom is 0.277 e. The molecule has 1 heterocycles. The Morgan fingerprint density at radius 1 is 1.10 bits per heavy atom. The van der Waals surface area contributed by atoms with Crippen LogP contribution in [0.5, 0.6) is 0 Å². The summed E-state index contributed by atoms with van der Waals surface area (Å²) in [5, 5.41) is 25.0. The SMILES string of the molecule is CCCCCn1c(C(C)NC(=O)c2cc([N+](=O)[O-])cc([N+](=O)[O-])c2)nc2ccccc21. The maximum absolute atomic E-state index is 12.8. The highest BCUT2D eigenvalue weighted by Crippen LogP contribution is 2.25. The molecule has 1 amide bonds. The van der Waals surface area contributed by atoms with Crippen LogP contribution >= 0.6 is 0 Å². The molecular formula is C21H23N5O5. The van der Waals surface area contributed by atoms with E-state index in [-0.39, 0.29) is 5.56 Å². The average molecular weight is 425 g/mol. The number of fused-ring (bicyclic) bond motifs is 1. The number of nitro groups is 2. The number of amides is 1. The first-order chi connectivity index (χ1) is 14.8. The van der Waals surface area contributed by atoms with Crippen molar-refractivity contribution in [2.45, 2.75) is 45.7 Å². The van der Waals surface area contributed by atoms with Crippen LogP contribution in [-0.2, 0) is 6.54 Å². The van der Waals surface area contributed by atoms with Gasteiger partial charge in [-0.1, -0.05) is 31.9 Å². The Morgan fingerprint density at radius 3 is 2.35 bits per heavy atom. The number of carbonyl (C=O) groups excluding carboxylic acids is 1. The Balaban J connectivity index is 1.91. The Labute approximate surface area is 178 Å². The van der Waals surface area contributed by atoms with Crippen LogP contribution in [0.1, 0.15) is 55.3 Å². The molecule has 0 aliphatic rings. The summed E-state index contributed by atoms with van der Waals surface area (Å²) in [5.41, 5.74) is 0.584. The first-order valence-electron chi connectivity index (χ1n) is 10.0. The van der Waals surface area contributed by atoms with E-state index < -0.39 is 33.2 Å². The first kappa shape index (κ1) is 21.9. The van der Waals surface area contributed by atoms with Crippen LogP contribution in [0.2, 0.25) is 0 Å². The van der Waals surface area contributed by atoms with Crippen LogP contribution in [0.4, 0.5) is 11.4 Å². The number of imidazole rings is 1. The molecule has 0 bridgehead atoms. The summed E-state index contributed by atoms with van der Waals surface area (Å²) < 4.78 is 2.06. The molecule has 1 aromatic heterocycles. The van der Waals surface area contributed by atoms with Gasteiger partial charge in [0.05, 0.1) is 38.6 Å². The van der Waals surface area contributed by atoms with Gasteiger partial charge in [-0.05, 0) is 25.5 Å². The van der Waals surface area contributed by atoms with E-state index in [0.29, 0.717) is 5.82 Å². The minimum atomic E-state index is -0.764. The minimum absolute atomic E-state index is 0.151. The van der Waals surface area contributed by atoms with Gasteiger partial charge in [0, 0.05) is 18.7 Å². The Morgan fingerprint density at radius 2 is 1.74 bits per heavy atom. The number of rotatable bonds is 9. The smallest absolute Gasteiger partial charge is 0.277 e. The van der Waals surface area contributed by atoms with Gasteiger partial charge < -0.3 is 9.88 Å². The zero-order valence-electron chi connectivity index (χ0n) is 17.3. The third kappa shape index (κ3) is 4.85. The van der Waals surface area contributed by atoms with Crippen molar-refractivity contribution >= 4 is 28.3 Å². The Hall–Kier alpha value is -3.82. The summed E-state index contributed by atoms with van der Waals surface area (Å²) >= 11 is 0. The highest BCUT2D eigenvalue weighted by atomic mass is 16.6. The zero-order valence-corrected chi connectivity index (χ0v) is 17.3. The number of para-hydroxylation sites is 2. The number of aryl methyl sites for hydroxylation is 1. The molecule has 10 nitrogen and oxygen atoms in total. The molecule has 1 atom stereocenters. The summed E-state index contributed by atoms with van der Waals surface area (Å²) in [7, 11) is 0. The maximum atomic E-state index is 12.8.